The van der Waals surface area contributed by atoms with Gasteiger partial charge in [0, 0.05) is 19.1 Å². The summed E-state index contributed by atoms with van der Waals surface area (Å²) < 4.78 is 0. The van der Waals surface area contributed by atoms with Gasteiger partial charge in [0.2, 0.25) is 0 Å². The average molecular weight is 199 g/mol. The van der Waals surface area contributed by atoms with Gasteiger partial charge in [-0.3, -0.25) is 0 Å². The van der Waals surface area contributed by atoms with Crippen LogP contribution in [0.3, 0.4) is 0 Å². The molecule has 0 aromatic heterocycles. The summed E-state index contributed by atoms with van der Waals surface area (Å²) in [6.45, 7) is 6.87. The van der Waals surface area contributed by atoms with E-state index >= 15 is 0 Å². The van der Waals surface area contributed by atoms with Gasteiger partial charge in [-0.25, -0.2) is 0 Å². The molecule has 0 aromatic carbocycles. The topological polar surface area (TPSA) is 32.5 Å². The van der Waals surface area contributed by atoms with Gasteiger partial charge in [0.05, 0.1) is 0 Å². The van der Waals surface area contributed by atoms with E-state index in [1.54, 1.807) is 0 Å². The molecule has 0 saturated carbocycles. The highest BCUT2D eigenvalue weighted by Gasteiger charge is 2.19. The molecule has 1 fully saturated rings. The first kappa shape index (κ1) is 12.0. The largest absolute Gasteiger partial charge is 0.327 e. The van der Waals surface area contributed by atoms with Crippen molar-refractivity contribution >= 4 is 0 Å². The van der Waals surface area contributed by atoms with Gasteiger partial charge in [-0.15, -0.1) is 0 Å². The van der Waals surface area contributed by atoms with Gasteiger partial charge in [-0.1, -0.05) is 0 Å². The molecule has 1 atom stereocenters. The molecule has 0 bridgehead atoms. The van der Waals surface area contributed by atoms with Crippen LogP contribution in [0.5, 0.6) is 0 Å². The quantitative estimate of drug-likeness (QED) is 0.720. The molecule has 0 radical (unpaired) electrons. The van der Waals surface area contributed by atoms with Crippen molar-refractivity contribution in [2.45, 2.75) is 25.8 Å². The maximum Gasteiger partial charge on any atom is 0.0139 e. The summed E-state index contributed by atoms with van der Waals surface area (Å²) in [5, 5.41) is 0. The Bertz CT molecular complexity index is 131. The lowest BCUT2D eigenvalue weighted by molar-refractivity contribution is 0.158. The molecule has 0 spiro atoms. The van der Waals surface area contributed by atoms with E-state index in [-0.39, 0.29) is 0 Å². The molecule has 3 heteroatoms. The van der Waals surface area contributed by atoms with E-state index in [1.165, 1.54) is 32.5 Å². The second-order valence-corrected chi connectivity index (χ2v) is 4.98. The minimum Gasteiger partial charge on any atom is -0.327 e. The summed E-state index contributed by atoms with van der Waals surface area (Å²) in [5.41, 5.74) is 5.79. The maximum absolute atomic E-state index is 5.79. The maximum atomic E-state index is 5.79. The lowest BCUT2D eigenvalue weighted by atomic mass is 9.96. The normalized spacial score (nSPS) is 22.9. The molecule has 14 heavy (non-hydrogen) atoms. The Kier molecular flexibility index (Phi) is 4.85. The first-order chi connectivity index (χ1) is 6.58. The van der Waals surface area contributed by atoms with Crippen LogP contribution >= 0.6 is 0 Å². The van der Waals surface area contributed by atoms with Gasteiger partial charge in [-0.05, 0) is 52.9 Å². The number of hydrogen-bond acceptors (Lipinski definition) is 3. The minimum atomic E-state index is 0.320. The molecule has 0 amide bonds. The van der Waals surface area contributed by atoms with Crippen LogP contribution in [0.4, 0.5) is 0 Å². The van der Waals surface area contributed by atoms with Gasteiger partial charge in [-0.2, -0.15) is 0 Å². The monoisotopic (exact) mass is 199 g/mol. The highest BCUT2D eigenvalue weighted by molar-refractivity contribution is 4.75. The Morgan fingerprint density at radius 2 is 1.93 bits per heavy atom. The summed E-state index contributed by atoms with van der Waals surface area (Å²) in [6, 6.07) is 0.320. The van der Waals surface area contributed by atoms with E-state index < -0.39 is 0 Å². The zero-order chi connectivity index (χ0) is 10.6. The Morgan fingerprint density at radius 1 is 1.36 bits per heavy atom. The minimum absolute atomic E-state index is 0.320. The van der Waals surface area contributed by atoms with Crippen molar-refractivity contribution in [1.82, 2.24) is 9.80 Å². The number of hydrogen-bond donors (Lipinski definition) is 1. The van der Waals surface area contributed by atoms with Crippen molar-refractivity contribution in [2.75, 3.05) is 40.3 Å². The van der Waals surface area contributed by atoms with E-state index in [0.717, 1.165) is 12.5 Å². The number of nitrogens with zero attached hydrogens (tertiary/aromatic N) is 2. The molecular weight excluding hydrogens is 174 g/mol. The summed E-state index contributed by atoms with van der Waals surface area (Å²) in [6.07, 6.45) is 2.68. The third-order valence-electron chi connectivity index (χ3n) is 2.88. The molecule has 1 heterocycles. The number of likely N-dealkylation sites (tertiary alicyclic amines) is 1. The molecule has 2 N–H and O–H groups in total. The van der Waals surface area contributed by atoms with Crippen LogP contribution in [-0.4, -0.2) is 56.1 Å². The fraction of sp³-hybridized carbons (Fsp3) is 1.00. The SMILES string of the molecule is C[C@H](N)CN1CCC(CN(C)C)CC1. The summed E-state index contributed by atoms with van der Waals surface area (Å²) in [4.78, 5) is 4.79. The highest BCUT2D eigenvalue weighted by Crippen LogP contribution is 2.17. The van der Waals surface area contributed by atoms with E-state index in [0.29, 0.717) is 6.04 Å². The van der Waals surface area contributed by atoms with Crippen LogP contribution in [0, 0.1) is 5.92 Å². The van der Waals surface area contributed by atoms with Crippen LogP contribution in [0.15, 0.2) is 0 Å². The van der Waals surface area contributed by atoms with E-state index in [1.807, 2.05) is 0 Å². The van der Waals surface area contributed by atoms with Crippen molar-refractivity contribution in [2.24, 2.45) is 11.7 Å². The third-order valence-corrected chi connectivity index (χ3v) is 2.88. The van der Waals surface area contributed by atoms with Gasteiger partial charge in [0.1, 0.15) is 0 Å². The van der Waals surface area contributed by atoms with E-state index in [9.17, 15) is 0 Å². The predicted molar refractivity (Wildman–Crippen MR) is 61.4 cm³/mol. The molecule has 84 valence electrons. The Hall–Kier alpha value is -0.120. The Labute approximate surface area is 88.2 Å². The first-order valence-corrected chi connectivity index (χ1v) is 5.70. The summed E-state index contributed by atoms with van der Waals surface area (Å²) >= 11 is 0. The van der Waals surface area contributed by atoms with Gasteiger partial charge in [0.25, 0.3) is 0 Å². The average Bonchev–Trinajstić information content (AvgIpc) is 2.06. The van der Waals surface area contributed by atoms with Crippen molar-refractivity contribution < 1.29 is 0 Å². The van der Waals surface area contributed by atoms with Crippen molar-refractivity contribution in [1.29, 1.82) is 0 Å². The summed E-state index contributed by atoms with van der Waals surface area (Å²) in [5.74, 6) is 0.898. The lowest BCUT2D eigenvalue weighted by Gasteiger charge is -2.33. The van der Waals surface area contributed by atoms with Gasteiger partial charge in [0.15, 0.2) is 0 Å². The van der Waals surface area contributed by atoms with Crippen molar-refractivity contribution in [3.05, 3.63) is 0 Å². The molecule has 0 unspecified atom stereocenters. The highest BCUT2D eigenvalue weighted by atomic mass is 15.1. The number of piperidine rings is 1. The smallest absolute Gasteiger partial charge is 0.0139 e. The molecule has 3 nitrogen and oxygen atoms in total. The Morgan fingerprint density at radius 3 is 2.36 bits per heavy atom. The Balaban J connectivity index is 2.17. The van der Waals surface area contributed by atoms with E-state index in [4.69, 9.17) is 5.73 Å². The zero-order valence-corrected chi connectivity index (χ0v) is 9.87. The third kappa shape index (κ3) is 4.40. The van der Waals surface area contributed by atoms with Gasteiger partial charge >= 0.3 is 0 Å². The standard InChI is InChI=1S/C11H25N3/c1-10(12)8-14-6-4-11(5-7-14)9-13(2)3/h10-11H,4-9,12H2,1-3H3/t10-/m0/s1. The fourth-order valence-electron chi connectivity index (χ4n) is 2.28. The molecule has 1 saturated heterocycles. The lowest BCUT2D eigenvalue weighted by Crippen LogP contribution is -2.42. The van der Waals surface area contributed by atoms with Crippen molar-refractivity contribution in [3.8, 4) is 0 Å². The predicted octanol–water partition coefficient (Wildman–Crippen LogP) is 0.607. The first-order valence-electron chi connectivity index (χ1n) is 5.70. The molecule has 1 aliphatic heterocycles. The molecule has 1 aliphatic rings. The number of nitrogens with two attached hydrogens (primary N) is 1. The molecule has 0 aliphatic carbocycles. The molecule has 0 aromatic rings. The van der Waals surface area contributed by atoms with Gasteiger partial charge < -0.3 is 15.5 Å². The van der Waals surface area contributed by atoms with Crippen LogP contribution < -0.4 is 5.73 Å². The summed E-state index contributed by atoms with van der Waals surface area (Å²) in [7, 11) is 4.32. The molecule has 1 rings (SSSR count). The zero-order valence-electron chi connectivity index (χ0n) is 9.87. The van der Waals surface area contributed by atoms with Crippen molar-refractivity contribution in [3.63, 3.8) is 0 Å². The number of rotatable bonds is 4. The van der Waals surface area contributed by atoms with Crippen LogP contribution in [0.2, 0.25) is 0 Å². The second-order valence-electron chi connectivity index (χ2n) is 4.98. The van der Waals surface area contributed by atoms with Crippen LogP contribution in [0.25, 0.3) is 0 Å². The second kappa shape index (κ2) is 5.69. The van der Waals surface area contributed by atoms with Crippen LogP contribution in [0.1, 0.15) is 19.8 Å². The van der Waals surface area contributed by atoms with Crippen LogP contribution in [-0.2, 0) is 0 Å². The molecular formula is C11H25N3. The fourth-order valence-corrected chi connectivity index (χ4v) is 2.28. The van der Waals surface area contributed by atoms with E-state index in [2.05, 4.69) is 30.8 Å².